The van der Waals surface area contributed by atoms with E-state index in [0.29, 0.717) is 4.88 Å². The highest BCUT2D eigenvalue weighted by atomic mass is 32.2. The van der Waals surface area contributed by atoms with Crippen LogP contribution in [-0.4, -0.2) is 44.4 Å². The number of hydrazine groups is 1. The number of nitrogens with zero attached hydrogens (tertiary/aromatic N) is 1. The van der Waals surface area contributed by atoms with E-state index in [2.05, 4.69) is 10.9 Å². The van der Waals surface area contributed by atoms with Gasteiger partial charge in [-0.15, -0.1) is 11.3 Å². The van der Waals surface area contributed by atoms with Gasteiger partial charge in [-0.3, -0.25) is 25.2 Å². The van der Waals surface area contributed by atoms with Crippen LogP contribution in [0.2, 0.25) is 0 Å². The van der Waals surface area contributed by atoms with Crippen molar-refractivity contribution in [3.05, 3.63) is 51.7 Å². The number of benzene rings is 1. The number of hydrogen-bond acceptors (Lipinski definition) is 6. The molecule has 0 aliphatic heterocycles. The van der Waals surface area contributed by atoms with Crippen LogP contribution in [0.15, 0.2) is 41.3 Å². The van der Waals surface area contributed by atoms with Crippen LogP contribution in [-0.2, 0) is 10.0 Å². The minimum Gasteiger partial charge on any atom is -0.294 e. The number of sulfonamides is 1. The van der Waals surface area contributed by atoms with Gasteiger partial charge in [0.1, 0.15) is 0 Å². The minimum absolute atomic E-state index is 0.0363. The summed E-state index contributed by atoms with van der Waals surface area (Å²) in [7, 11) is -0.902. The van der Waals surface area contributed by atoms with Crippen LogP contribution in [0.5, 0.6) is 0 Å². The van der Waals surface area contributed by atoms with Gasteiger partial charge in [0.2, 0.25) is 10.0 Å². The normalized spacial score (nSPS) is 11.2. The molecule has 138 valence electrons. The SMILES string of the molecule is CC(=O)c1ccc(C(=O)NNC(=O)c2cccc(S(=O)(=O)N(C)C)c2)s1. The van der Waals surface area contributed by atoms with Gasteiger partial charge in [-0.05, 0) is 37.3 Å². The van der Waals surface area contributed by atoms with Gasteiger partial charge in [-0.2, -0.15) is 0 Å². The van der Waals surface area contributed by atoms with Gasteiger partial charge in [0.15, 0.2) is 5.78 Å². The second kappa shape index (κ2) is 7.77. The Bertz CT molecular complexity index is 964. The van der Waals surface area contributed by atoms with Crippen molar-refractivity contribution in [3.8, 4) is 0 Å². The van der Waals surface area contributed by atoms with Crippen LogP contribution in [0.4, 0.5) is 0 Å². The molecule has 2 N–H and O–H groups in total. The molecular formula is C16H17N3O5S2. The van der Waals surface area contributed by atoms with Crippen LogP contribution < -0.4 is 10.9 Å². The fourth-order valence-electron chi connectivity index (χ4n) is 1.91. The summed E-state index contributed by atoms with van der Waals surface area (Å²) in [5.74, 6) is -1.40. The minimum atomic E-state index is -3.68. The zero-order chi connectivity index (χ0) is 19.5. The number of carbonyl (C=O) groups excluding carboxylic acids is 3. The molecule has 0 bridgehead atoms. The summed E-state index contributed by atoms with van der Waals surface area (Å²) in [6.45, 7) is 1.39. The van der Waals surface area contributed by atoms with Gasteiger partial charge in [-0.25, -0.2) is 12.7 Å². The molecule has 1 aromatic carbocycles. The fraction of sp³-hybridized carbons (Fsp3) is 0.188. The zero-order valence-electron chi connectivity index (χ0n) is 14.3. The Labute approximate surface area is 154 Å². The molecule has 2 amide bonds. The van der Waals surface area contributed by atoms with Crippen molar-refractivity contribution >= 4 is 39.0 Å². The largest absolute Gasteiger partial charge is 0.294 e. The molecule has 1 heterocycles. The summed E-state index contributed by atoms with van der Waals surface area (Å²) in [4.78, 5) is 36.1. The van der Waals surface area contributed by atoms with Crippen LogP contribution in [0.1, 0.15) is 36.6 Å². The monoisotopic (exact) mass is 395 g/mol. The van der Waals surface area contributed by atoms with E-state index in [1.807, 2.05) is 0 Å². The quantitative estimate of drug-likeness (QED) is 0.585. The number of rotatable bonds is 5. The number of amides is 2. The highest BCUT2D eigenvalue weighted by Crippen LogP contribution is 2.17. The third-order valence-corrected chi connectivity index (χ3v) is 6.34. The summed E-state index contributed by atoms with van der Waals surface area (Å²) in [6, 6.07) is 8.46. The van der Waals surface area contributed by atoms with E-state index in [1.165, 1.54) is 57.4 Å². The Morgan fingerprint density at radius 2 is 1.58 bits per heavy atom. The van der Waals surface area contributed by atoms with E-state index >= 15 is 0 Å². The van der Waals surface area contributed by atoms with Crippen molar-refractivity contribution in [3.63, 3.8) is 0 Å². The Morgan fingerprint density at radius 1 is 0.962 bits per heavy atom. The molecule has 0 saturated carbocycles. The third kappa shape index (κ3) is 4.34. The van der Waals surface area contributed by atoms with Crippen molar-refractivity contribution < 1.29 is 22.8 Å². The second-order valence-corrected chi connectivity index (χ2v) is 8.68. The van der Waals surface area contributed by atoms with Gasteiger partial charge in [0, 0.05) is 19.7 Å². The summed E-state index contributed by atoms with van der Waals surface area (Å²) in [6.07, 6.45) is 0. The molecule has 0 spiro atoms. The predicted octanol–water partition coefficient (Wildman–Crippen LogP) is 1.28. The lowest BCUT2D eigenvalue weighted by molar-refractivity contribution is 0.0848. The molecule has 0 aliphatic carbocycles. The first-order chi connectivity index (χ1) is 12.1. The Kier molecular flexibility index (Phi) is 5.90. The first-order valence-electron chi connectivity index (χ1n) is 7.37. The summed E-state index contributed by atoms with van der Waals surface area (Å²) in [5.41, 5.74) is 4.52. The van der Waals surface area contributed by atoms with E-state index in [0.717, 1.165) is 15.6 Å². The van der Waals surface area contributed by atoms with Gasteiger partial charge in [0.25, 0.3) is 11.8 Å². The third-order valence-electron chi connectivity index (χ3n) is 3.34. The topological polar surface area (TPSA) is 113 Å². The van der Waals surface area contributed by atoms with E-state index in [1.54, 1.807) is 0 Å². The summed E-state index contributed by atoms with van der Waals surface area (Å²) in [5, 5.41) is 0. The highest BCUT2D eigenvalue weighted by molar-refractivity contribution is 7.89. The Hall–Kier alpha value is -2.56. The maximum atomic E-state index is 12.2. The molecule has 10 heteroatoms. The van der Waals surface area contributed by atoms with Crippen LogP contribution in [0, 0.1) is 0 Å². The number of hydrogen-bond donors (Lipinski definition) is 2. The first-order valence-corrected chi connectivity index (χ1v) is 9.62. The molecule has 2 aromatic rings. The zero-order valence-corrected chi connectivity index (χ0v) is 15.9. The van der Waals surface area contributed by atoms with Crippen molar-refractivity contribution in [1.82, 2.24) is 15.2 Å². The van der Waals surface area contributed by atoms with Gasteiger partial charge in [0.05, 0.1) is 14.6 Å². The van der Waals surface area contributed by atoms with Crippen molar-refractivity contribution in [2.45, 2.75) is 11.8 Å². The average Bonchev–Trinajstić information content (AvgIpc) is 3.09. The second-order valence-electron chi connectivity index (χ2n) is 5.44. The maximum Gasteiger partial charge on any atom is 0.279 e. The number of thiophene rings is 1. The number of ketones is 1. The highest BCUT2D eigenvalue weighted by Gasteiger charge is 2.19. The lowest BCUT2D eigenvalue weighted by Gasteiger charge is -2.12. The standard InChI is InChI=1S/C16H17N3O5S2/c1-10(20)13-7-8-14(25-13)16(22)18-17-15(21)11-5-4-6-12(9-11)26(23,24)19(2)3/h4-9H,1-3H3,(H,17,21)(H,18,22). The van der Waals surface area contributed by atoms with Crippen LogP contribution >= 0.6 is 11.3 Å². The molecule has 26 heavy (non-hydrogen) atoms. The number of carbonyl (C=O) groups is 3. The lowest BCUT2D eigenvalue weighted by Crippen LogP contribution is -2.41. The van der Waals surface area contributed by atoms with Crippen LogP contribution in [0.25, 0.3) is 0 Å². The van der Waals surface area contributed by atoms with E-state index in [9.17, 15) is 22.8 Å². The van der Waals surface area contributed by atoms with Gasteiger partial charge < -0.3 is 0 Å². The molecule has 0 saturated heterocycles. The molecule has 8 nitrogen and oxygen atoms in total. The smallest absolute Gasteiger partial charge is 0.279 e. The fourth-order valence-corrected chi connectivity index (χ4v) is 3.65. The van der Waals surface area contributed by atoms with Gasteiger partial charge in [-0.1, -0.05) is 6.07 Å². The summed E-state index contributed by atoms with van der Waals surface area (Å²) < 4.78 is 25.3. The molecule has 0 aliphatic rings. The molecule has 1 aromatic heterocycles. The van der Waals surface area contributed by atoms with Gasteiger partial charge >= 0.3 is 0 Å². The maximum absolute atomic E-state index is 12.2. The Balaban J connectivity index is 2.08. The molecular weight excluding hydrogens is 378 g/mol. The number of nitrogens with one attached hydrogen (secondary N) is 2. The van der Waals surface area contributed by atoms with E-state index < -0.39 is 21.8 Å². The lowest BCUT2D eigenvalue weighted by atomic mass is 10.2. The van der Waals surface area contributed by atoms with Crippen molar-refractivity contribution in [2.75, 3.05) is 14.1 Å². The molecule has 0 fully saturated rings. The number of Topliss-reactive ketones (excluding diaryl/α,β-unsaturated/α-hetero) is 1. The van der Waals surface area contributed by atoms with Crippen LogP contribution in [0.3, 0.4) is 0 Å². The predicted molar refractivity (Wildman–Crippen MR) is 96.6 cm³/mol. The Morgan fingerprint density at radius 3 is 2.15 bits per heavy atom. The molecule has 2 rings (SSSR count). The van der Waals surface area contributed by atoms with Crippen molar-refractivity contribution in [2.24, 2.45) is 0 Å². The molecule has 0 radical (unpaired) electrons. The average molecular weight is 395 g/mol. The molecule has 0 unspecified atom stereocenters. The van der Waals surface area contributed by atoms with Crippen molar-refractivity contribution in [1.29, 1.82) is 0 Å². The van der Waals surface area contributed by atoms with E-state index in [-0.39, 0.29) is 21.1 Å². The first kappa shape index (κ1) is 19.8. The summed E-state index contributed by atoms with van der Waals surface area (Å²) >= 11 is 1.01. The van der Waals surface area contributed by atoms with E-state index in [4.69, 9.17) is 0 Å². The molecule has 0 atom stereocenters.